The lowest BCUT2D eigenvalue weighted by Crippen LogP contribution is -2.27. The van der Waals surface area contributed by atoms with E-state index < -0.39 is 35.5 Å². The van der Waals surface area contributed by atoms with Crippen molar-refractivity contribution in [3.8, 4) is 11.1 Å². The predicted octanol–water partition coefficient (Wildman–Crippen LogP) is 8.25. The zero-order valence-electron chi connectivity index (χ0n) is 23.8. The molecule has 0 aliphatic rings. The lowest BCUT2D eigenvalue weighted by molar-refractivity contribution is -0.137. The minimum atomic E-state index is -4.76. The van der Waals surface area contributed by atoms with Gasteiger partial charge in [0, 0.05) is 17.0 Å². The molecule has 0 unspecified atom stereocenters. The number of hydrogen-bond donors (Lipinski definition) is 2. The van der Waals surface area contributed by atoms with E-state index in [1.165, 1.54) is 18.2 Å². The lowest BCUT2D eigenvalue weighted by atomic mass is 9.97. The zero-order chi connectivity index (χ0) is 31.9. The number of carbonyl (C=O) groups excluding carboxylic acids is 1. The van der Waals surface area contributed by atoms with E-state index in [4.69, 9.17) is 4.98 Å². The van der Waals surface area contributed by atoms with Crippen LogP contribution in [0.3, 0.4) is 0 Å². The molecule has 0 fully saturated rings. The van der Waals surface area contributed by atoms with Crippen LogP contribution in [0, 0.1) is 5.82 Å². The third-order valence-electron chi connectivity index (χ3n) is 7.66. The van der Waals surface area contributed by atoms with Gasteiger partial charge in [0.15, 0.2) is 0 Å². The van der Waals surface area contributed by atoms with Crippen molar-refractivity contribution in [2.24, 2.45) is 0 Å². The summed E-state index contributed by atoms with van der Waals surface area (Å²) >= 11 is 0. The largest absolute Gasteiger partial charge is 0.478 e. The molecule has 226 valence electrons. The van der Waals surface area contributed by atoms with Crippen LogP contribution >= 0.6 is 0 Å². The van der Waals surface area contributed by atoms with Crippen molar-refractivity contribution in [1.82, 2.24) is 14.9 Å². The first-order valence-electron chi connectivity index (χ1n) is 14.0. The van der Waals surface area contributed by atoms with Gasteiger partial charge in [0.25, 0.3) is 5.91 Å². The molecule has 45 heavy (non-hydrogen) atoms. The van der Waals surface area contributed by atoms with Crippen LogP contribution in [0.2, 0.25) is 0 Å². The van der Waals surface area contributed by atoms with Gasteiger partial charge in [-0.1, -0.05) is 36.4 Å². The summed E-state index contributed by atoms with van der Waals surface area (Å²) in [5.74, 6) is -2.65. The smallest absolute Gasteiger partial charge is 0.416 e. The second kappa shape index (κ2) is 11.5. The van der Waals surface area contributed by atoms with Crippen molar-refractivity contribution in [2.45, 2.75) is 25.7 Å². The molecule has 2 aromatic heterocycles. The number of pyridine rings is 1. The molecule has 0 spiro atoms. The first kappa shape index (κ1) is 29.6. The van der Waals surface area contributed by atoms with Gasteiger partial charge in [-0.25, -0.2) is 9.18 Å². The molecule has 10 heteroatoms. The summed E-state index contributed by atoms with van der Waals surface area (Å²) in [5.41, 5.74) is 2.04. The number of para-hydroxylation sites is 1. The Morgan fingerprint density at radius 2 is 1.62 bits per heavy atom. The minimum Gasteiger partial charge on any atom is -0.478 e. The van der Waals surface area contributed by atoms with Gasteiger partial charge in [-0.15, -0.1) is 0 Å². The molecule has 6 rings (SSSR count). The molecule has 1 atom stereocenters. The molecule has 6 aromatic rings. The molecule has 0 saturated carbocycles. The topological polar surface area (TPSA) is 84.2 Å². The molecular weight excluding hydrogens is 586 g/mol. The molecule has 6 nitrogen and oxygen atoms in total. The summed E-state index contributed by atoms with van der Waals surface area (Å²) in [6.45, 7) is 2.04. The number of alkyl halides is 3. The number of carboxylic acid groups (broad SMARTS) is 1. The summed E-state index contributed by atoms with van der Waals surface area (Å²) in [6.07, 6.45) is -2.99. The number of carboxylic acids is 1. The molecule has 2 heterocycles. The van der Waals surface area contributed by atoms with Gasteiger partial charge in [0.05, 0.1) is 46.0 Å². The number of hydrogen-bond acceptors (Lipinski definition) is 3. The number of aromatic nitrogens is 2. The second-order valence-electron chi connectivity index (χ2n) is 10.7. The van der Waals surface area contributed by atoms with Gasteiger partial charge in [-0.05, 0) is 84.3 Å². The van der Waals surface area contributed by atoms with Crippen molar-refractivity contribution in [3.63, 3.8) is 0 Å². The number of benzene rings is 4. The standard InChI is InChI=1S/C35H25F4N3O3/c1-20(21-6-8-23(9-7-21)34(44)45)40-33(43)30-17-25(26-15-27(35(37,38)39)18-28(36)16-26)14-24-12-13-42(32(24)30)19-29-11-10-22-4-2-3-5-31(22)41-29/h2-18,20H,19H2,1H3,(H,40,43)(H,44,45)/t20-/m0/s1. The molecule has 1 amide bonds. The average Bonchev–Trinajstić information content (AvgIpc) is 3.42. The fraction of sp³-hybridized carbons (Fsp3) is 0.114. The van der Waals surface area contributed by atoms with Crippen LogP contribution in [0.25, 0.3) is 32.9 Å². The third kappa shape index (κ3) is 6.12. The SMILES string of the molecule is C[C@H](NC(=O)c1cc(-c2cc(F)cc(C(F)(F)F)c2)cc2ccn(Cc3ccc4ccccc4n3)c12)c1ccc(C(=O)O)cc1. The Hall–Kier alpha value is -5.51. The molecular formula is C35H25F4N3O3. The number of rotatable bonds is 7. The van der Waals surface area contributed by atoms with Gasteiger partial charge in [0.2, 0.25) is 0 Å². The molecule has 0 radical (unpaired) electrons. The number of nitrogens with one attached hydrogen (secondary N) is 1. The second-order valence-corrected chi connectivity index (χ2v) is 10.7. The molecule has 0 aliphatic heterocycles. The maximum absolute atomic E-state index is 14.4. The normalized spacial score (nSPS) is 12.4. The number of fused-ring (bicyclic) bond motifs is 2. The lowest BCUT2D eigenvalue weighted by Gasteiger charge is -2.17. The van der Waals surface area contributed by atoms with Gasteiger partial charge < -0.3 is 15.0 Å². The summed E-state index contributed by atoms with van der Waals surface area (Å²) in [6, 6.07) is 24.1. The monoisotopic (exact) mass is 611 g/mol. The van der Waals surface area contributed by atoms with E-state index in [2.05, 4.69) is 5.32 Å². The highest BCUT2D eigenvalue weighted by Crippen LogP contribution is 2.35. The van der Waals surface area contributed by atoms with Crippen molar-refractivity contribution < 1.29 is 32.3 Å². The van der Waals surface area contributed by atoms with E-state index in [1.807, 2.05) is 41.0 Å². The average molecular weight is 612 g/mol. The van der Waals surface area contributed by atoms with Gasteiger partial charge >= 0.3 is 12.1 Å². The highest BCUT2D eigenvalue weighted by atomic mass is 19.4. The summed E-state index contributed by atoms with van der Waals surface area (Å²) in [5, 5.41) is 13.7. The minimum absolute atomic E-state index is 0.0282. The number of halogens is 4. The Bertz CT molecular complexity index is 2090. The summed E-state index contributed by atoms with van der Waals surface area (Å²) in [4.78, 5) is 29.9. The van der Waals surface area contributed by atoms with Crippen molar-refractivity contribution in [2.75, 3.05) is 0 Å². The Morgan fingerprint density at radius 1 is 0.889 bits per heavy atom. The maximum atomic E-state index is 14.4. The number of aromatic carboxylic acids is 1. The Labute approximate surface area is 254 Å². The predicted molar refractivity (Wildman–Crippen MR) is 162 cm³/mol. The van der Waals surface area contributed by atoms with E-state index in [-0.39, 0.29) is 22.3 Å². The maximum Gasteiger partial charge on any atom is 0.416 e. The van der Waals surface area contributed by atoms with Crippen LogP contribution in [-0.2, 0) is 12.7 Å². The molecule has 4 aromatic carbocycles. The number of amides is 1. The molecule has 0 bridgehead atoms. The fourth-order valence-electron chi connectivity index (χ4n) is 5.38. The fourth-order valence-corrected chi connectivity index (χ4v) is 5.38. The van der Waals surface area contributed by atoms with Crippen LogP contribution in [-0.4, -0.2) is 26.5 Å². The van der Waals surface area contributed by atoms with Crippen molar-refractivity contribution >= 4 is 33.7 Å². The summed E-state index contributed by atoms with van der Waals surface area (Å²) in [7, 11) is 0. The quantitative estimate of drug-likeness (QED) is 0.178. The Kier molecular flexibility index (Phi) is 7.57. The molecule has 2 N–H and O–H groups in total. The van der Waals surface area contributed by atoms with Crippen LogP contribution < -0.4 is 5.32 Å². The van der Waals surface area contributed by atoms with E-state index >= 15 is 0 Å². The van der Waals surface area contributed by atoms with Gasteiger partial charge in [-0.2, -0.15) is 13.2 Å². The van der Waals surface area contributed by atoms with Gasteiger partial charge in [-0.3, -0.25) is 9.78 Å². The first-order chi connectivity index (χ1) is 21.5. The Morgan fingerprint density at radius 3 is 2.36 bits per heavy atom. The summed E-state index contributed by atoms with van der Waals surface area (Å²) < 4.78 is 56.8. The van der Waals surface area contributed by atoms with E-state index in [0.717, 1.165) is 28.7 Å². The highest BCUT2D eigenvalue weighted by molar-refractivity contribution is 6.08. The van der Waals surface area contributed by atoms with Crippen LogP contribution in [0.1, 0.15) is 50.5 Å². The van der Waals surface area contributed by atoms with Gasteiger partial charge in [0.1, 0.15) is 5.82 Å². The van der Waals surface area contributed by atoms with E-state index in [1.54, 1.807) is 37.4 Å². The third-order valence-corrected chi connectivity index (χ3v) is 7.66. The Balaban J connectivity index is 1.43. The highest BCUT2D eigenvalue weighted by Gasteiger charge is 2.31. The van der Waals surface area contributed by atoms with E-state index in [9.17, 15) is 32.3 Å². The number of nitrogens with zero attached hydrogens (tertiary/aromatic N) is 2. The molecule has 0 aliphatic carbocycles. The van der Waals surface area contributed by atoms with E-state index in [0.29, 0.717) is 29.1 Å². The zero-order valence-corrected chi connectivity index (χ0v) is 23.8. The molecule has 0 saturated heterocycles. The number of carbonyl (C=O) groups is 2. The van der Waals surface area contributed by atoms with Crippen molar-refractivity contribution in [1.29, 1.82) is 0 Å². The van der Waals surface area contributed by atoms with Crippen LogP contribution in [0.5, 0.6) is 0 Å². The first-order valence-corrected chi connectivity index (χ1v) is 14.0. The van der Waals surface area contributed by atoms with Crippen molar-refractivity contribution in [3.05, 3.63) is 137 Å². The van der Waals surface area contributed by atoms with Crippen LogP contribution in [0.4, 0.5) is 17.6 Å². The van der Waals surface area contributed by atoms with Crippen LogP contribution in [0.15, 0.2) is 103 Å².